The predicted octanol–water partition coefficient (Wildman–Crippen LogP) is 2.27. The van der Waals surface area contributed by atoms with Crippen molar-refractivity contribution in [3.05, 3.63) is 75.7 Å². The molecular formula is C28H32N6O4. The van der Waals surface area contributed by atoms with E-state index in [2.05, 4.69) is 15.1 Å². The van der Waals surface area contributed by atoms with Crippen LogP contribution in [0, 0.1) is 13.8 Å². The van der Waals surface area contributed by atoms with Gasteiger partial charge in [0.2, 0.25) is 5.91 Å². The average molecular weight is 517 g/mol. The highest BCUT2D eigenvalue weighted by Gasteiger charge is 2.27. The summed E-state index contributed by atoms with van der Waals surface area (Å²) in [6, 6.07) is 5.54. The third-order valence-corrected chi connectivity index (χ3v) is 7.34. The number of aliphatic hydroxyl groups is 1. The third-order valence-electron chi connectivity index (χ3n) is 7.34. The van der Waals surface area contributed by atoms with Gasteiger partial charge in [-0.3, -0.25) is 23.8 Å². The number of likely N-dealkylation sites (N-methyl/N-ethyl adjacent to an activating group) is 1. The molecule has 1 amide bonds. The fraction of sp³-hybridized carbons (Fsp3) is 0.393. The van der Waals surface area contributed by atoms with E-state index in [1.165, 1.54) is 4.90 Å². The van der Waals surface area contributed by atoms with Crippen molar-refractivity contribution in [3.63, 3.8) is 0 Å². The molecule has 0 unspecified atom stereocenters. The van der Waals surface area contributed by atoms with Crippen LogP contribution in [0.2, 0.25) is 0 Å². The van der Waals surface area contributed by atoms with Crippen LogP contribution in [0.4, 0.5) is 0 Å². The molecule has 1 fully saturated rings. The Hall–Kier alpha value is -3.89. The summed E-state index contributed by atoms with van der Waals surface area (Å²) in [6.45, 7) is 4.93. The number of carbonyl (C=O) groups is 1. The monoisotopic (exact) mass is 516 g/mol. The normalized spacial score (nSPS) is 17.6. The standard InChI is InChI=1S/C28H32N6O4/c1-17-18(2)27-22(28(37)34(16-30-27)24-7-8-38-15-25(24)35)10-20(17)9-19-5-6-23(29-11-19)21-12-31-33(13-21)14-26(36)32(3)4/h5-6,10-13,16,24-25,35H,7-9,14-15H2,1-4H3/t24-,25-/m0/s1. The maximum atomic E-state index is 13.5. The molecule has 2 atom stereocenters. The summed E-state index contributed by atoms with van der Waals surface area (Å²) < 4.78 is 8.49. The van der Waals surface area contributed by atoms with Crippen LogP contribution in [-0.2, 0) is 22.5 Å². The van der Waals surface area contributed by atoms with Crippen LogP contribution in [-0.4, -0.2) is 73.6 Å². The molecule has 0 bridgehead atoms. The SMILES string of the molecule is Cc1c(Cc2ccc(-c3cnn(CC(=O)N(C)C)c3)nc2)cc2c(=O)n([C@H]3CCOC[C@@H]3O)cnc2c1C. The smallest absolute Gasteiger partial charge is 0.261 e. The molecule has 1 aliphatic rings. The number of aryl methyl sites for hydroxylation is 1. The Morgan fingerprint density at radius 1 is 1.18 bits per heavy atom. The maximum absolute atomic E-state index is 13.5. The molecule has 0 radical (unpaired) electrons. The van der Waals surface area contributed by atoms with Gasteiger partial charge < -0.3 is 14.7 Å². The molecule has 38 heavy (non-hydrogen) atoms. The van der Waals surface area contributed by atoms with Crippen molar-refractivity contribution in [3.8, 4) is 11.3 Å². The molecule has 1 N–H and O–H groups in total. The number of fused-ring (bicyclic) bond motifs is 1. The summed E-state index contributed by atoms with van der Waals surface area (Å²) >= 11 is 0. The first-order chi connectivity index (χ1) is 18.2. The van der Waals surface area contributed by atoms with E-state index in [0.29, 0.717) is 30.4 Å². The van der Waals surface area contributed by atoms with Crippen LogP contribution in [0.3, 0.4) is 0 Å². The topological polar surface area (TPSA) is 115 Å². The van der Waals surface area contributed by atoms with Gasteiger partial charge in [-0.05, 0) is 61.1 Å². The minimum absolute atomic E-state index is 0.0325. The summed E-state index contributed by atoms with van der Waals surface area (Å²) in [5, 5.41) is 15.2. The second kappa shape index (κ2) is 10.5. The number of ether oxygens (including phenoxy) is 1. The average Bonchev–Trinajstić information content (AvgIpc) is 3.37. The van der Waals surface area contributed by atoms with E-state index in [-0.39, 0.29) is 30.7 Å². The molecule has 1 saturated heterocycles. The molecule has 10 heteroatoms. The maximum Gasteiger partial charge on any atom is 0.261 e. The summed E-state index contributed by atoms with van der Waals surface area (Å²) in [4.78, 5) is 36.2. The Labute approximate surface area is 220 Å². The molecule has 1 aromatic carbocycles. The number of rotatable bonds is 6. The molecule has 4 heterocycles. The van der Waals surface area contributed by atoms with Crippen LogP contribution in [0.1, 0.15) is 34.7 Å². The van der Waals surface area contributed by atoms with Crippen LogP contribution in [0.15, 0.2) is 47.9 Å². The number of amides is 1. The molecule has 0 spiro atoms. The van der Waals surface area contributed by atoms with Crippen LogP contribution in [0.25, 0.3) is 22.2 Å². The Morgan fingerprint density at radius 2 is 2.00 bits per heavy atom. The lowest BCUT2D eigenvalue weighted by Crippen LogP contribution is -2.39. The summed E-state index contributed by atoms with van der Waals surface area (Å²) in [5.41, 5.74) is 6.24. The van der Waals surface area contributed by atoms with Crippen molar-refractivity contribution < 1.29 is 14.6 Å². The van der Waals surface area contributed by atoms with Gasteiger partial charge in [0, 0.05) is 38.7 Å². The highest BCUT2D eigenvalue weighted by molar-refractivity contribution is 5.83. The van der Waals surface area contributed by atoms with Crippen molar-refractivity contribution in [2.75, 3.05) is 27.3 Å². The third kappa shape index (κ3) is 4.97. The molecule has 5 rings (SSSR count). The Morgan fingerprint density at radius 3 is 2.71 bits per heavy atom. The van der Waals surface area contributed by atoms with E-state index in [4.69, 9.17) is 4.74 Å². The minimum Gasteiger partial charge on any atom is -0.389 e. The lowest BCUT2D eigenvalue weighted by atomic mass is 9.95. The van der Waals surface area contributed by atoms with E-state index < -0.39 is 6.10 Å². The van der Waals surface area contributed by atoms with E-state index in [1.54, 1.807) is 35.9 Å². The summed E-state index contributed by atoms with van der Waals surface area (Å²) in [5.74, 6) is -0.0325. The van der Waals surface area contributed by atoms with Crippen LogP contribution >= 0.6 is 0 Å². The molecule has 0 aliphatic carbocycles. The lowest BCUT2D eigenvalue weighted by molar-refractivity contribution is -0.129. The summed E-state index contributed by atoms with van der Waals surface area (Å²) in [7, 11) is 3.43. The van der Waals surface area contributed by atoms with Gasteiger partial charge in [0.05, 0.1) is 47.9 Å². The zero-order valence-electron chi connectivity index (χ0n) is 22.1. The number of hydrogen-bond acceptors (Lipinski definition) is 7. The Bertz CT molecular complexity index is 1540. The number of pyridine rings is 1. The quantitative estimate of drug-likeness (QED) is 0.418. The summed E-state index contributed by atoms with van der Waals surface area (Å²) in [6.07, 6.45) is 7.34. The lowest BCUT2D eigenvalue weighted by Gasteiger charge is -2.29. The van der Waals surface area contributed by atoms with Gasteiger partial charge in [-0.15, -0.1) is 0 Å². The zero-order chi connectivity index (χ0) is 27.0. The van der Waals surface area contributed by atoms with Crippen molar-refractivity contribution >= 4 is 16.8 Å². The van der Waals surface area contributed by atoms with E-state index in [0.717, 1.165) is 33.5 Å². The molecule has 4 aromatic rings. The van der Waals surface area contributed by atoms with Crippen molar-refractivity contribution in [1.82, 2.24) is 29.2 Å². The highest BCUT2D eigenvalue weighted by Crippen LogP contribution is 2.26. The molecular weight excluding hydrogens is 484 g/mol. The first-order valence-electron chi connectivity index (χ1n) is 12.7. The number of aliphatic hydroxyl groups excluding tert-OH is 1. The van der Waals surface area contributed by atoms with Gasteiger partial charge in [-0.25, -0.2) is 4.98 Å². The van der Waals surface area contributed by atoms with Crippen molar-refractivity contribution in [2.24, 2.45) is 0 Å². The Kier molecular flexibility index (Phi) is 7.09. The van der Waals surface area contributed by atoms with Crippen LogP contribution in [0.5, 0.6) is 0 Å². The van der Waals surface area contributed by atoms with E-state index in [9.17, 15) is 14.7 Å². The van der Waals surface area contributed by atoms with E-state index >= 15 is 0 Å². The first kappa shape index (κ1) is 25.7. The largest absolute Gasteiger partial charge is 0.389 e. The van der Waals surface area contributed by atoms with Crippen molar-refractivity contribution in [2.45, 2.75) is 45.4 Å². The molecule has 198 valence electrons. The number of aromatic nitrogens is 5. The van der Waals surface area contributed by atoms with Gasteiger partial charge in [0.15, 0.2) is 0 Å². The number of nitrogens with zero attached hydrogens (tertiary/aromatic N) is 6. The van der Waals surface area contributed by atoms with Gasteiger partial charge in [0.1, 0.15) is 6.54 Å². The molecule has 3 aromatic heterocycles. The first-order valence-corrected chi connectivity index (χ1v) is 12.7. The van der Waals surface area contributed by atoms with Crippen molar-refractivity contribution in [1.29, 1.82) is 0 Å². The Balaban J connectivity index is 1.41. The molecule has 1 aliphatic heterocycles. The van der Waals surface area contributed by atoms with E-state index in [1.807, 2.05) is 44.4 Å². The zero-order valence-corrected chi connectivity index (χ0v) is 22.1. The van der Waals surface area contributed by atoms with Gasteiger partial charge in [0.25, 0.3) is 5.56 Å². The van der Waals surface area contributed by atoms with Gasteiger partial charge in [-0.1, -0.05) is 6.07 Å². The minimum atomic E-state index is -0.739. The number of benzene rings is 1. The van der Waals surface area contributed by atoms with Gasteiger partial charge >= 0.3 is 0 Å². The fourth-order valence-electron chi connectivity index (χ4n) is 4.85. The second-order valence-electron chi connectivity index (χ2n) is 10.1. The number of hydrogen-bond donors (Lipinski definition) is 1. The van der Waals surface area contributed by atoms with Crippen LogP contribution < -0.4 is 5.56 Å². The highest BCUT2D eigenvalue weighted by atomic mass is 16.5. The molecule has 10 nitrogen and oxygen atoms in total. The fourth-order valence-corrected chi connectivity index (χ4v) is 4.85. The number of carbonyl (C=O) groups excluding carboxylic acids is 1. The molecule has 0 saturated carbocycles. The second-order valence-corrected chi connectivity index (χ2v) is 10.1. The predicted molar refractivity (Wildman–Crippen MR) is 143 cm³/mol. The van der Waals surface area contributed by atoms with Gasteiger partial charge in [-0.2, -0.15) is 5.10 Å².